The smallest absolute Gasteiger partial charge is 0.207 e. The molecule has 0 saturated carbocycles. The molecule has 100 valence electrons. The van der Waals surface area contributed by atoms with Gasteiger partial charge in [-0.3, -0.25) is 0 Å². The number of rotatable bonds is 3. The van der Waals surface area contributed by atoms with E-state index in [1.165, 1.54) is 0 Å². The third-order valence-corrected chi connectivity index (χ3v) is 6.28. The average Bonchev–Trinajstić information content (AvgIpc) is 2.76. The number of alkyl halides is 1. The van der Waals surface area contributed by atoms with E-state index in [0.29, 0.717) is 16.8 Å². The standard InChI is InChI=1S/C13H18BrNO2S/c1-10-5-6-13(11(2)8-10)18(16,17)15-7-3-4-12(15)9-14/h5-6,8,12H,3-4,7,9H2,1-2H3. The van der Waals surface area contributed by atoms with Crippen molar-refractivity contribution in [2.45, 2.75) is 37.6 Å². The quantitative estimate of drug-likeness (QED) is 0.798. The number of halogens is 1. The first-order valence-corrected chi connectivity index (χ1v) is 8.68. The molecule has 0 spiro atoms. The van der Waals surface area contributed by atoms with Gasteiger partial charge in [0.25, 0.3) is 0 Å². The van der Waals surface area contributed by atoms with Crippen LogP contribution in [0.5, 0.6) is 0 Å². The Labute approximate surface area is 117 Å². The highest BCUT2D eigenvalue weighted by Gasteiger charge is 2.35. The van der Waals surface area contributed by atoms with Gasteiger partial charge < -0.3 is 0 Å². The molecule has 1 unspecified atom stereocenters. The van der Waals surface area contributed by atoms with Gasteiger partial charge >= 0.3 is 0 Å². The molecular weight excluding hydrogens is 314 g/mol. The Morgan fingerprint density at radius 3 is 2.72 bits per heavy atom. The van der Waals surface area contributed by atoms with Crippen LogP contribution in [0.4, 0.5) is 0 Å². The molecule has 1 heterocycles. The molecule has 1 aliphatic rings. The average molecular weight is 332 g/mol. The van der Waals surface area contributed by atoms with Crippen molar-refractivity contribution in [3.8, 4) is 0 Å². The van der Waals surface area contributed by atoms with Gasteiger partial charge in [0.05, 0.1) is 4.90 Å². The molecule has 1 saturated heterocycles. The number of hydrogen-bond donors (Lipinski definition) is 0. The summed E-state index contributed by atoms with van der Waals surface area (Å²) in [6.07, 6.45) is 1.88. The molecule has 0 radical (unpaired) electrons. The number of aryl methyl sites for hydroxylation is 2. The van der Waals surface area contributed by atoms with Gasteiger partial charge in [-0.25, -0.2) is 8.42 Å². The first-order chi connectivity index (χ1) is 8.46. The summed E-state index contributed by atoms with van der Waals surface area (Å²) < 4.78 is 26.9. The van der Waals surface area contributed by atoms with Gasteiger partial charge in [-0.05, 0) is 38.3 Å². The van der Waals surface area contributed by atoms with Crippen LogP contribution in [-0.4, -0.2) is 30.6 Å². The van der Waals surface area contributed by atoms with Crippen molar-refractivity contribution in [1.29, 1.82) is 0 Å². The van der Waals surface area contributed by atoms with E-state index < -0.39 is 10.0 Å². The number of nitrogens with zero attached hydrogens (tertiary/aromatic N) is 1. The molecule has 3 nitrogen and oxygen atoms in total. The van der Waals surface area contributed by atoms with E-state index in [-0.39, 0.29) is 6.04 Å². The van der Waals surface area contributed by atoms with Gasteiger partial charge in [-0.2, -0.15) is 4.31 Å². The monoisotopic (exact) mass is 331 g/mol. The van der Waals surface area contributed by atoms with Crippen LogP contribution in [0.15, 0.2) is 23.1 Å². The Kier molecular flexibility index (Phi) is 4.14. The summed E-state index contributed by atoms with van der Waals surface area (Å²) in [5, 5.41) is 0.705. The van der Waals surface area contributed by atoms with Gasteiger partial charge in [0.15, 0.2) is 0 Å². The Morgan fingerprint density at radius 1 is 1.39 bits per heavy atom. The number of benzene rings is 1. The van der Waals surface area contributed by atoms with E-state index >= 15 is 0 Å². The van der Waals surface area contributed by atoms with E-state index in [0.717, 1.165) is 24.0 Å². The van der Waals surface area contributed by atoms with Crippen LogP contribution in [0.2, 0.25) is 0 Å². The van der Waals surface area contributed by atoms with Crippen LogP contribution in [0.1, 0.15) is 24.0 Å². The summed E-state index contributed by atoms with van der Waals surface area (Å²) in [4.78, 5) is 0.445. The Balaban J connectivity index is 2.42. The summed E-state index contributed by atoms with van der Waals surface area (Å²) in [5.41, 5.74) is 1.92. The summed E-state index contributed by atoms with van der Waals surface area (Å²) in [6.45, 7) is 4.46. The lowest BCUT2D eigenvalue weighted by Gasteiger charge is -2.23. The van der Waals surface area contributed by atoms with E-state index in [4.69, 9.17) is 0 Å². The molecular formula is C13H18BrNO2S. The molecule has 18 heavy (non-hydrogen) atoms. The maximum atomic E-state index is 12.6. The normalized spacial score (nSPS) is 21.4. The lowest BCUT2D eigenvalue weighted by molar-refractivity contribution is 0.413. The van der Waals surface area contributed by atoms with Gasteiger partial charge in [0, 0.05) is 17.9 Å². The predicted octanol–water partition coefficient (Wildman–Crippen LogP) is 2.85. The summed E-state index contributed by atoms with van der Waals surface area (Å²) in [6, 6.07) is 5.60. The zero-order valence-electron chi connectivity index (χ0n) is 10.7. The second kappa shape index (κ2) is 5.31. The number of hydrogen-bond acceptors (Lipinski definition) is 2. The second-order valence-corrected chi connectivity index (χ2v) is 7.34. The highest BCUT2D eigenvalue weighted by Crippen LogP contribution is 2.28. The lowest BCUT2D eigenvalue weighted by Crippen LogP contribution is -2.36. The molecule has 0 N–H and O–H groups in total. The molecule has 1 fully saturated rings. The van der Waals surface area contributed by atoms with Crippen molar-refractivity contribution in [2.24, 2.45) is 0 Å². The van der Waals surface area contributed by atoms with Crippen LogP contribution >= 0.6 is 15.9 Å². The van der Waals surface area contributed by atoms with Crippen molar-refractivity contribution in [3.05, 3.63) is 29.3 Å². The lowest BCUT2D eigenvalue weighted by atomic mass is 10.2. The van der Waals surface area contributed by atoms with Gasteiger partial charge in [-0.1, -0.05) is 33.6 Å². The summed E-state index contributed by atoms with van der Waals surface area (Å²) in [5.74, 6) is 0. The van der Waals surface area contributed by atoms with Crippen molar-refractivity contribution < 1.29 is 8.42 Å². The third kappa shape index (κ3) is 2.49. The van der Waals surface area contributed by atoms with Crippen LogP contribution < -0.4 is 0 Å². The van der Waals surface area contributed by atoms with E-state index in [1.54, 1.807) is 10.4 Å². The molecule has 0 bridgehead atoms. The predicted molar refractivity (Wildman–Crippen MR) is 76.6 cm³/mol. The zero-order chi connectivity index (χ0) is 13.3. The maximum Gasteiger partial charge on any atom is 0.243 e. The van der Waals surface area contributed by atoms with E-state index in [1.807, 2.05) is 26.0 Å². The van der Waals surface area contributed by atoms with E-state index in [9.17, 15) is 8.42 Å². The molecule has 2 rings (SSSR count). The minimum Gasteiger partial charge on any atom is -0.207 e. The Hall–Kier alpha value is -0.390. The number of sulfonamides is 1. The van der Waals surface area contributed by atoms with Crippen molar-refractivity contribution >= 4 is 26.0 Å². The molecule has 1 aromatic rings. The molecule has 0 amide bonds. The molecule has 0 aromatic heterocycles. The minimum absolute atomic E-state index is 0.0932. The van der Waals surface area contributed by atoms with Crippen LogP contribution in [0.25, 0.3) is 0 Å². The maximum absolute atomic E-state index is 12.6. The van der Waals surface area contributed by atoms with Crippen molar-refractivity contribution in [2.75, 3.05) is 11.9 Å². The van der Waals surface area contributed by atoms with Gasteiger partial charge in [-0.15, -0.1) is 0 Å². The molecule has 1 aliphatic heterocycles. The highest BCUT2D eigenvalue weighted by molar-refractivity contribution is 9.09. The Morgan fingerprint density at radius 2 is 2.11 bits per heavy atom. The van der Waals surface area contributed by atoms with Crippen LogP contribution in [0, 0.1) is 13.8 Å². The fraction of sp³-hybridized carbons (Fsp3) is 0.538. The SMILES string of the molecule is Cc1ccc(S(=O)(=O)N2CCCC2CBr)c(C)c1. The second-order valence-electron chi connectivity index (χ2n) is 4.84. The molecule has 1 aromatic carbocycles. The van der Waals surface area contributed by atoms with Crippen molar-refractivity contribution in [1.82, 2.24) is 4.31 Å². The zero-order valence-corrected chi connectivity index (χ0v) is 13.1. The molecule has 5 heteroatoms. The van der Waals surface area contributed by atoms with Crippen LogP contribution in [0.3, 0.4) is 0 Å². The van der Waals surface area contributed by atoms with Crippen molar-refractivity contribution in [3.63, 3.8) is 0 Å². The summed E-state index contributed by atoms with van der Waals surface area (Å²) >= 11 is 3.41. The minimum atomic E-state index is -3.34. The first-order valence-electron chi connectivity index (χ1n) is 6.12. The fourth-order valence-corrected chi connectivity index (χ4v) is 5.26. The fourth-order valence-electron chi connectivity index (χ4n) is 2.49. The first kappa shape index (κ1) is 14.0. The highest BCUT2D eigenvalue weighted by atomic mass is 79.9. The van der Waals surface area contributed by atoms with E-state index in [2.05, 4.69) is 15.9 Å². The Bertz CT molecular complexity index is 542. The summed E-state index contributed by atoms with van der Waals surface area (Å²) in [7, 11) is -3.34. The third-order valence-electron chi connectivity index (χ3n) is 3.42. The molecule has 0 aliphatic carbocycles. The largest absolute Gasteiger partial charge is 0.243 e. The van der Waals surface area contributed by atoms with Gasteiger partial charge in [0.2, 0.25) is 10.0 Å². The topological polar surface area (TPSA) is 37.4 Å². The van der Waals surface area contributed by atoms with Gasteiger partial charge in [0.1, 0.15) is 0 Å². The van der Waals surface area contributed by atoms with Crippen LogP contribution in [-0.2, 0) is 10.0 Å². The molecule has 1 atom stereocenters.